The molecule has 24 heavy (non-hydrogen) atoms. The molecular formula is C16H15ClN2O4S. The van der Waals surface area contributed by atoms with Crippen LogP contribution < -0.4 is 0 Å². The Morgan fingerprint density at radius 3 is 2.12 bits per heavy atom. The Labute approximate surface area is 146 Å². The molecule has 6 nitrogen and oxygen atoms in total. The van der Waals surface area contributed by atoms with E-state index in [0.717, 1.165) is 4.90 Å². The molecule has 3 amide bonds. The van der Waals surface area contributed by atoms with Crippen molar-refractivity contribution in [3.63, 3.8) is 0 Å². The Bertz CT molecular complexity index is 774. The molecule has 2 aliphatic rings. The van der Waals surface area contributed by atoms with Gasteiger partial charge in [-0.05, 0) is 36.7 Å². The van der Waals surface area contributed by atoms with Gasteiger partial charge in [0.15, 0.2) is 11.4 Å². The lowest BCUT2D eigenvalue weighted by atomic mass is 9.99. The van der Waals surface area contributed by atoms with E-state index >= 15 is 0 Å². The first-order valence-electron chi connectivity index (χ1n) is 7.28. The fourth-order valence-corrected chi connectivity index (χ4v) is 4.46. The van der Waals surface area contributed by atoms with Gasteiger partial charge in [-0.1, -0.05) is 24.3 Å². The van der Waals surface area contributed by atoms with Gasteiger partial charge in [-0.2, -0.15) is 0 Å². The van der Waals surface area contributed by atoms with Crippen molar-refractivity contribution in [2.24, 2.45) is 0 Å². The first kappa shape index (κ1) is 16.9. The second-order valence-electron chi connectivity index (χ2n) is 5.88. The first-order chi connectivity index (χ1) is 11.3. The summed E-state index contributed by atoms with van der Waals surface area (Å²) in [6, 6.07) is 4.79. The number of nitrogens with zero attached hydrogens (tertiary/aromatic N) is 2. The quantitative estimate of drug-likeness (QED) is 0.352. The molecule has 0 saturated carbocycles. The van der Waals surface area contributed by atoms with Crippen LogP contribution in [-0.4, -0.2) is 49.2 Å². The van der Waals surface area contributed by atoms with E-state index < -0.39 is 45.2 Å². The van der Waals surface area contributed by atoms with E-state index in [1.54, 1.807) is 26.0 Å². The second kappa shape index (κ2) is 5.82. The molecule has 3 rings (SSSR count). The van der Waals surface area contributed by atoms with Crippen LogP contribution in [0.3, 0.4) is 0 Å². The fraction of sp³-hybridized carbons (Fsp3) is 0.312. The van der Waals surface area contributed by atoms with E-state index in [9.17, 15) is 18.6 Å². The number of halogens is 1. The molecule has 4 unspecified atom stereocenters. The molecule has 1 saturated heterocycles. The molecule has 1 aromatic carbocycles. The van der Waals surface area contributed by atoms with E-state index in [-0.39, 0.29) is 11.1 Å². The maximum Gasteiger partial charge on any atom is 0.262 e. The lowest BCUT2D eigenvalue weighted by Gasteiger charge is -2.50. The standard InChI is InChI=1S/C16H15ClN2O4S/c1-8(2)9(3)18-15(22)12(16(18)24(17)23)19-13(20)10-6-4-5-7-11(10)14(19)21/h4-7,9,12,16H,1H2,2-3H3. The molecule has 1 fully saturated rings. The van der Waals surface area contributed by atoms with Gasteiger partial charge in [0, 0.05) is 0 Å². The zero-order valence-electron chi connectivity index (χ0n) is 13.1. The van der Waals surface area contributed by atoms with E-state index in [4.69, 9.17) is 10.7 Å². The van der Waals surface area contributed by atoms with Gasteiger partial charge < -0.3 is 4.90 Å². The second-order valence-corrected chi connectivity index (χ2v) is 7.77. The number of hydrogen-bond donors (Lipinski definition) is 0. The Morgan fingerprint density at radius 1 is 1.21 bits per heavy atom. The van der Waals surface area contributed by atoms with Crippen LogP contribution in [0.25, 0.3) is 0 Å². The summed E-state index contributed by atoms with van der Waals surface area (Å²) in [5.41, 5.74) is 1.16. The molecule has 0 spiro atoms. The predicted octanol–water partition coefficient (Wildman–Crippen LogP) is 1.69. The van der Waals surface area contributed by atoms with Gasteiger partial charge in [0.05, 0.1) is 17.2 Å². The van der Waals surface area contributed by atoms with Gasteiger partial charge in [-0.15, -0.1) is 0 Å². The molecule has 0 aromatic heterocycles. The van der Waals surface area contributed by atoms with E-state index in [1.807, 2.05) is 0 Å². The van der Waals surface area contributed by atoms with Gasteiger partial charge in [-0.3, -0.25) is 19.3 Å². The third-order valence-corrected chi connectivity index (χ3v) is 5.89. The van der Waals surface area contributed by atoms with Crippen molar-refractivity contribution in [3.05, 3.63) is 47.5 Å². The van der Waals surface area contributed by atoms with Crippen molar-refractivity contribution in [1.29, 1.82) is 0 Å². The summed E-state index contributed by atoms with van der Waals surface area (Å²) in [6.07, 6.45) is 0. The number of β-lactam (4-membered cyclic amide) rings is 1. The van der Waals surface area contributed by atoms with Crippen molar-refractivity contribution in [1.82, 2.24) is 9.80 Å². The molecule has 0 radical (unpaired) electrons. The molecule has 0 N–H and O–H groups in total. The average molecular weight is 367 g/mol. The summed E-state index contributed by atoms with van der Waals surface area (Å²) in [7, 11) is 3.83. The molecule has 2 aliphatic heterocycles. The predicted molar refractivity (Wildman–Crippen MR) is 89.6 cm³/mol. The maximum atomic E-state index is 12.6. The van der Waals surface area contributed by atoms with Gasteiger partial charge in [0.25, 0.3) is 17.7 Å². The number of fused-ring (bicyclic) bond motifs is 1. The molecule has 2 heterocycles. The summed E-state index contributed by atoms with van der Waals surface area (Å²) in [5.74, 6) is -1.59. The number of rotatable bonds is 4. The Hall–Kier alpha value is -1.99. The molecule has 1 aromatic rings. The molecule has 8 heteroatoms. The third kappa shape index (κ3) is 2.22. The van der Waals surface area contributed by atoms with Crippen LogP contribution in [0.15, 0.2) is 36.4 Å². The lowest BCUT2D eigenvalue weighted by Crippen LogP contribution is -2.74. The van der Waals surface area contributed by atoms with Crippen molar-refractivity contribution in [2.45, 2.75) is 31.3 Å². The van der Waals surface area contributed by atoms with Gasteiger partial charge in [0.2, 0.25) is 0 Å². The van der Waals surface area contributed by atoms with Crippen LogP contribution in [0.2, 0.25) is 0 Å². The number of hydrogen-bond acceptors (Lipinski definition) is 4. The average Bonchev–Trinajstić information content (AvgIpc) is 2.77. The minimum atomic E-state index is -1.94. The van der Waals surface area contributed by atoms with Gasteiger partial charge in [-0.25, -0.2) is 4.21 Å². The summed E-state index contributed by atoms with van der Waals surface area (Å²) >= 11 is 0. The monoisotopic (exact) mass is 366 g/mol. The van der Waals surface area contributed by atoms with Crippen molar-refractivity contribution in [3.8, 4) is 0 Å². The number of carbonyl (C=O) groups is 3. The summed E-state index contributed by atoms with van der Waals surface area (Å²) < 4.78 is 12.0. The van der Waals surface area contributed by atoms with Crippen LogP contribution in [0, 0.1) is 0 Å². The van der Waals surface area contributed by atoms with Gasteiger partial charge >= 0.3 is 0 Å². The molecular weight excluding hydrogens is 352 g/mol. The van der Waals surface area contributed by atoms with Crippen LogP contribution in [0.4, 0.5) is 0 Å². The summed E-state index contributed by atoms with van der Waals surface area (Å²) in [5, 5.41) is -0.951. The zero-order chi connectivity index (χ0) is 17.8. The first-order valence-corrected chi connectivity index (χ1v) is 9.32. The molecule has 126 valence electrons. The summed E-state index contributed by atoms with van der Waals surface area (Å²) in [6.45, 7) is 7.26. The highest BCUT2D eigenvalue weighted by molar-refractivity contribution is 8.08. The number of imide groups is 1. The third-order valence-electron chi connectivity index (χ3n) is 4.48. The highest BCUT2D eigenvalue weighted by Gasteiger charge is 2.59. The number of amides is 3. The zero-order valence-corrected chi connectivity index (χ0v) is 14.6. The van der Waals surface area contributed by atoms with Crippen molar-refractivity contribution < 1.29 is 18.6 Å². The smallest absolute Gasteiger partial charge is 0.262 e. The largest absolute Gasteiger partial charge is 0.316 e. The molecule has 0 aliphatic carbocycles. The van der Waals surface area contributed by atoms with E-state index in [0.29, 0.717) is 5.57 Å². The lowest BCUT2D eigenvalue weighted by molar-refractivity contribution is -0.152. The van der Waals surface area contributed by atoms with Gasteiger partial charge in [0.1, 0.15) is 10.0 Å². The number of carbonyl (C=O) groups excluding carboxylic acids is 3. The molecule has 0 bridgehead atoms. The Kier molecular flexibility index (Phi) is 4.09. The maximum absolute atomic E-state index is 12.6. The minimum absolute atomic E-state index is 0.237. The highest BCUT2D eigenvalue weighted by Crippen LogP contribution is 2.37. The van der Waals surface area contributed by atoms with Crippen LogP contribution in [-0.2, 0) is 14.8 Å². The fourth-order valence-electron chi connectivity index (χ4n) is 3.01. The summed E-state index contributed by atoms with van der Waals surface area (Å²) in [4.78, 5) is 39.9. The topological polar surface area (TPSA) is 74.8 Å². The normalized spacial score (nSPS) is 25.4. The van der Waals surface area contributed by atoms with E-state index in [2.05, 4.69) is 6.58 Å². The molecule has 4 atom stereocenters. The van der Waals surface area contributed by atoms with Crippen LogP contribution in [0.1, 0.15) is 34.6 Å². The van der Waals surface area contributed by atoms with Crippen molar-refractivity contribution in [2.75, 3.05) is 0 Å². The van der Waals surface area contributed by atoms with Crippen molar-refractivity contribution >= 4 is 38.4 Å². The van der Waals surface area contributed by atoms with Crippen LogP contribution in [0.5, 0.6) is 0 Å². The minimum Gasteiger partial charge on any atom is -0.316 e. The van der Waals surface area contributed by atoms with Crippen LogP contribution >= 0.6 is 10.7 Å². The SMILES string of the molecule is C=C(C)C(C)N1C(=O)C(N2C(=O)c3ccccc3C2=O)C1S(=O)Cl. The Balaban J connectivity index is 1.97. The van der Waals surface area contributed by atoms with E-state index in [1.165, 1.54) is 17.0 Å². The highest BCUT2D eigenvalue weighted by atomic mass is 35.7. The number of benzene rings is 1. The Morgan fingerprint density at radius 2 is 1.71 bits per heavy atom. The number of likely N-dealkylation sites (tertiary alicyclic amines) is 1.